The molecule has 0 aliphatic heterocycles. The Hall–Kier alpha value is -3.03. The molecule has 0 aliphatic rings. The first-order valence-corrected chi connectivity index (χ1v) is 7.21. The predicted molar refractivity (Wildman–Crippen MR) is 83.7 cm³/mol. The number of nitrogens with one attached hydrogen (secondary N) is 1. The lowest BCUT2D eigenvalue weighted by atomic mass is 10.1. The van der Waals surface area contributed by atoms with E-state index in [1.165, 1.54) is 18.2 Å². The largest absolute Gasteiger partial charge is 0.484 e. The zero-order valence-electron chi connectivity index (χ0n) is 13.0. The summed E-state index contributed by atoms with van der Waals surface area (Å²) in [6.07, 6.45) is -4.40. The van der Waals surface area contributed by atoms with Gasteiger partial charge in [-0.2, -0.15) is 13.2 Å². The quantitative estimate of drug-likeness (QED) is 0.838. The Labute approximate surface area is 141 Å². The highest BCUT2D eigenvalue weighted by Gasteiger charge is 2.29. The molecule has 2 aromatic rings. The number of nitrogens with two attached hydrogens (primary N) is 1. The van der Waals surface area contributed by atoms with Crippen molar-refractivity contribution < 1.29 is 27.5 Å². The Kier molecular flexibility index (Phi) is 5.63. The summed E-state index contributed by atoms with van der Waals surface area (Å²) >= 11 is 0. The first kappa shape index (κ1) is 18.3. The van der Waals surface area contributed by atoms with Crippen LogP contribution in [0.15, 0.2) is 48.5 Å². The van der Waals surface area contributed by atoms with Crippen LogP contribution in [0.4, 0.5) is 13.2 Å². The van der Waals surface area contributed by atoms with Gasteiger partial charge < -0.3 is 15.8 Å². The molecule has 0 aromatic heterocycles. The number of primary amides is 1. The van der Waals surface area contributed by atoms with E-state index >= 15 is 0 Å². The molecule has 8 heteroatoms. The number of ether oxygens (including phenoxy) is 1. The van der Waals surface area contributed by atoms with Gasteiger partial charge in [-0.1, -0.05) is 18.2 Å². The van der Waals surface area contributed by atoms with Crippen LogP contribution in [-0.4, -0.2) is 18.4 Å². The van der Waals surface area contributed by atoms with Crippen LogP contribution in [0, 0.1) is 0 Å². The van der Waals surface area contributed by atoms with Crippen LogP contribution in [0.3, 0.4) is 0 Å². The van der Waals surface area contributed by atoms with E-state index in [1.54, 1.807) is 18.2 Å². The van der Waals surface area contributed by atoms with E-state index < -0.39 is 23.6 Å². The Morgan fingerprint density at radius 2 is 1.76 bits per heavy atom. The van der Waals surface area contributed by atoms with Crippen molar-refractivity contribution >= 4 is 11.8 Å². The minimum absolute atomic E-state index is 0.0728. The maximum atomic E-state index is 12.5. The van der Waals surface area contributed by atoms with Crippen LogP contribution in [0.1, 0.15) is 21.5 Å². The molecule has 0 radical (unpaired) electrons. The zero-order valence-corrected chi connectivity index (χ0v) is 13.0. The predicted octanol–water partition coefficient (Wildman–Crippen LogP) is 2.50. The Bertz CT molecular complexity index is 758. The average molecular weight is 352 g/mol. The summed E-state index contributed by atoms with van der Waals surface area (Å²) in [5, 5.41) is 2.60. The third-order valence-corrected chi connectivity index (χ3v) is 3.21. The van der Waals surface area contributed by atoms with Crippen molar-refractivity contribution in [3.05, 3.63) is 65.2 Å². The molecule has 132 valence electrons. The van der Waals surface area contributed by atoms with E-state index in [9.17, 15) is 22.8 Å². The van der Waals surface area contributed by atoms with Crippen molar-refractivity contribution in [3.8, 4) is 5.75 Å². The third kappa shape index (κ3) is 5.52. The van der Waals surface area contributed by atoms with Gasteiger partial charge in [0.25, 0.3) is 11.8 Å². The van der Waals surface area contributed by atoms with Gasteiger partial charge in [-0.25, -0.2) is 0 Å². The second kappa shape index (κ2) is 7.69. The second-order valence-electron chi connectivity index (χ2n) is 5.16. The summed E-state index contributed by atoms with van der Waals surface area (Å²) in [5.41, 5.74) is 5.04. The fourth-order valence-corrected chi connectivity index (χ4v) is 1.98. The molecule has 25 heavy (non-hydrogen) atoms. The van der Waals surface area contributed by atoms with E-state index in [-0.39, 0.29) is 18.7 Å². The molecule has 3 N–H and O–H groups in total. The number of rotatable bonds is 6. The van der Waals surface area contributed by atoms with Crippen LogP contribution in [0.25, 0.3) is 0 Å². The normalized spacial score (nSPS) is 11.0. The molecule has 0 saturated carbocycles. The lowest BCUT2D eigenvalue weighted by Crippen LogP contribution is -2.23. The van der Waals surface area contributed by atoms with Gasteiger partial charge in [0.1, 0.15) is 5.75 Å². The maximum Gasteiger partial charge on any atom is 0.416 e. The van der Waals surface area contributed by atoms with Crippen molar-refractivity contribution in [2.24, 2.45) is 5.73 Å². The number of carbonyl (C=O) groups is 2. The standard InChI is InChI=1S/C17H15F3N2O3/c18-17(19,20)13-6-4-11(5-7-13)9-22-16(24)12-2-1-3-14(8-12)25-10-15(21)23/h1-8H,9-10H2,(H2,21,23)(H,22,24). The maximum absolute atomic E-state index is 12.5. The van der Waals surface area contributed by atoms with Gasteiger partial charge in [0, 0.05) is 12.1 Å². The topological polar surface area (TPSA) is 81.4 Å². The van der Waals surface area contributed by atoms with Gasteiger partial charge >= 0.3 is 6.18 Å². The number of carbonyl (C=O) groups excluding carboxylic acids is 2. The highest BCUT2D eigenvalue weighted by Crippen LogP contribution is 2.29. The number of hydrogen-bond acceptors (Lipinski definition) is 3. The fourth-order valence-electron chi connectivity index (χ4n) is 1.98. The molecule has 2 aromatic carbocycles. The summed E-state index contributed by atoms with van der Waals surface area (Å²) in [7, 11) is 0. The molecule has 0 spiro atoms. The van der Waals surface area contributed by atoms with Crippen LogP contribution < -0.4 is 15.8 Å². The number of halogens is 3. The summed E-state index contributed by atoms with van der Waals surface area (Å²) in [6.45, 7) is -0.236. The van der Waals surface area contributed by atoms with Crippen LogP contribution in [-0.2, 0) is 17.5 Å². The van der Waals surface area contributed by atoms with Crippen molar-refractivity contribution in [2.75, 3.05) is 6.61 Å². The minimum atomic E-state index is -4.40. The highest BCUT2D eigenvalue weighted by atomic mass is 19.4. The molecule has 0 unspecified atom stereocenters. The molecular formula is C17H15F3N2O3. The van der Waals surface area contributed by atoms with Crippen LogP contribution in [0.2, 0.25) is 0 Å². The van der Waals surface area contributed by atoms with Gasteiger partial charge in [0.05, 0.1) is 5.56 Å². The molecule has 0 fully saturated rings. The van der Waals surface area contributed by atoms with E-state index in [2.05, 4.69) is 5.32 Å². The van der Waals surface area contributed by atoms with E-state index in [4.69, 9.17) is 10.5 Å². The van der Waals surface area contributed by atoms with Crippen molar-refractivity contribution in [2.45, 2.75) is 12.7 Å². The van der Waals surface area contributed by atoms with E-state index in [1.807, 2.05) is 0 Å². The molecular weight excluding hydrogens is 337 g/mol. The van der Waals surface area contributed by atoms with E-state index in [0.717, 1.165) is 12.1 Å². The minimum Gasteiger partial charge on any atom is -0.484 e. The monoisotopic (exact) mass is 352 g/mol. The van der Waals surface area contributed by atoms with Gasteiger partial charge in [-0.05, 0) is 35.9 Å². The zero-order chi connectivity index (χ0) is 18.4. The molecule has 0 bridgehead atoms. The van der Waals surface area contributed by atoms with Gasteiger partial charge in [0.15, 0.2) is 6.61 Å². The molecule has 2 rings (SSSR count). The smallest absolute Gasteiger partial charge is 0.416 e. The number of alkyl halides is 3. The fraction of sp³-hybridized carbons (Fsp3) is 0.176. The first-order valence-electron chi connectivity index (χ1n) is 7.21. The lowest BCUT2D eigenvalue weighted by molar-refractivity contribution is -0.137. The first-order chi connectivity index (χ1) is 11.8. The highest BCUT2D eigenvalue weighted by molar-refractivity contribution is 5.94. The van der Waals surface area contributed by atoms with Crippen molar-refractivity contribution in [1.29, 1.82) is 0 Å². The Morgan fingerprint density at radius 1 is 1.08 bits per heavy atom. The summed E-state index contributed by atoms with van der Waals surface area (Å²) < 4.78 is 42.6. The Balaban J connectivity index is 1.96. The van der Waals surface area contributed by atoms with E-state index in [0.29, 0.717) is 11.3 Å². The molecule has 2 amide bonds. The number of amides is 2. The Morgan fingerprint density at radius 3 is 2.36 bits per heavy atom. The average Bonchev–Trinajstić information content (AvgIpc) is 2.57. The molecule has 0 atom stereocenters. The SMILES string of the molecule is NC(=O)COc1cccc(C(=O)NCc2ccc(C(F)(F)F)cc2)c1. The molecule has 0 aliphatic carbocycles. The molecule has 0 saturated heterocycles. The van der Waals surface area contributed by atoms with Gasteiger partial charge in [-0.3, -0.25) is 9.59 Å². The van der Waals surface area contributed by atoms with Crippen molar-refractivity contribution in [1.82, 2.24) is 5.32 Å². The van der Waals surface area contributed by atoms with Gasteiger partial charge in [0.2, 0.25) is 0 Å². The van der Waals surface area contributed by atoms with Gasteiger partial charge in [-0.15, -0.1) is 0 Å². The third-order valence-electron chi connectivity index (χ3n) is 3.21. The van der Waals surface area contributed by atoms with Crippen LogP contribution in [0.5, 0.6) is 5.75 Å². The van der Waals surface area contributed by atoms with Crippen molar-refractivity contribution in [3.63, 3.8) is 0 Å². The molecule has 5 nitrogen and oxygen atoms in total. The number of benzene rings is 2. The second-order valence-corrected chi connectivity index (χ2v) is 5.16. The number of hydrogen-bond donors (Lipinski definition) is 2. The molecule has 0 heterocycles. The summed E-state index contributed by atoms with van der Waals surface area (Å²) in [6, 6.07) is 10.6. The summed E-state index contributed by atoms with van der Waals surface area (Å²) in [4.78, 5) is 22.8. The van der Waals surface area contributed by atoms with Crippen LogP contribution >= 0.6 is 0 Å². The summed E-state index contributed by atoms with van der Waals surface area (Å²) in [5.74, 6) is -0.762. The lowest BCUT2D eigenvalue weighted by Gasteiger charge is -2.09.